The van der Waals surface area contributed by atoms with Gasteiger partial charge in [0.1, 0.15) is 11.3 Å². The molecule has 0 aliphatic heterocycles. The minimum Gasteiger partial charge on any atom is -0.496 e. The highest BCUT2D eigenvalue weighted by atomic mass is 16.5. The number of benzene rings is 1. The molecule has 0 bridgehead atoms. The Balaban J connectivity index is 1.70. The molecule has 25 heavy (non-hydrogen) atoms. The fourth-order valence-corrected chi connectivity index (χ4v) is 4.02. The Hall–Kier alpha value is -2.04. The highest BCUT2D eigenvalue weighted by Gasteiger charge is 2.49. The molecule has 3 rings (SSSR count). The smallest absolute Gasteiger partial charge is 0.245 e. The molecule has 2 aliphatic rings. The van der Waals surface area contributed by atoms with E-state index in [2.05, 4.69) is 10.6 Å². The quantitative estimate of drug-likeness (QED) is 0.834. The van der Waals surface area contributed by atoms with Crippen LogP contribution in [0.2, 0.25) is 0 Å². The van der Waals surface area contributed by atoms with Crippen molar-refractivity contribution in [1.29, 1.82) is 0 Å². The van der Waals surface area contributed by atoms with Crippen LogP contribution < -0.4 is 15.4 Å². The van der Waals surface area contributed by atoms with E-state index in [0.717, 1.165) is 49.8 Å². The number of hydrogen-bond acceptors (Lipinski definition) is 3. The summed E-state index contributed by atoms with van der Waals surface area (Å²) in [5.41, 5.74) is 0.361. The lowest BCUT2D eigenvalue weighted by Crippen LogP contribution is -2.60. The first kappa shape index (κ1) is 17.8. The summed E-state index contributed by atoms with van der Waals surface area (Å²) >= 11 is 0. The summed E-state index contributed by atoms with van der Waals surface area (Å²) in [4.78, 5) is 25.4. The van der Waals surface area contributed by atoms with Gasteiger partial charge in [-0.05, 0) is 43.7 Å². The molecule has 0 saturated heterocycles. The summed E-state index contributed by atoms with van der Waals surface area (Å²) in [7, 11) is 1.66. The van der Waals surface area contributed by atoms with E-state index in [1.807, 2.05) is 31.2 Å². The lowest BCUT2D eigenvalue weighted by molar-refractivity contribution is -0.135. The monoisotopic (exact) mass is 344 g/mol. The standard InChI is InChI=1S/C20H28N2O3/c1-3-21-19(24)20(11-7-4-8-12-20)22-18(23)16-13-15(16)14-9-5-6-10-17(14)25-2/h5-6,9-10,15-16H,3-4,7-8,11-13H2,1-2H3,(H,21,24)(H,22,23)/t15-,16-/m1/s1. The number of hydrogen-bond donors (Lipinski definition) is 2. The van der Waals surface area contributed by atoms with Crippen LogP contribution in [0.4, 0.5) is 0 Å². The molecule has 0 spiro atoms. The molecule has 2 N–H and O–H groups in total. The van der Waals surface area contributed by atoms with Crippen molar-refractivity contribution in [1.82, 2.24) is 10.6 Å². The van der Waals surface area contributed by atoms with Gasteiger partial charge in [0.2, 0.25) is 11.8 Å². The number of methoxy groups -OCH3 is 1. The zero-order chi connectivity index (χ0) is 17.9. The fraction of sp³-hybridized carbons (Fsp3) is 0.600. The molecular formula is C20H28N2O3. The van der Waals surface area contributed by atoms with Crippen LogP contribution in [0, 0.1) is 5.92 Å². The molecule has 0 heterocycles. The van der Waals surface area contributed by atoms with E-state index in [9.17, 15) is 9.59 Å². The maximum absolute atomic E-state index is 12.8. The van der Waals surface area contributed by atoms with Gasteiger partial charge in [-0.1, -0.05) is 37.5 Å². The molecule has 2 aliphatic carbocycles. The van der Waals surface area contributed by atoms with Crippen LogP contribution in [0.5, 0.6) is 5.75 Å². The number of nitrogens with one attached hydrogen (secondary N) is 2. The largest absolute Gasteiger partial charge is 0.496 e. The molecule has 1 aromatic rings. The zero-order valence-electron chi connectivity index (χ0n) is 15.1. The average Bonchev–Trinajstić information content (AvgIpc) is 3.43. The molecule has 2 fully saturated rings. The molecule has 0 unspecified atom stereocenters. The molecule has 2 amide bonds. The van der Waals surface area contributed by atoms with Gasteiger partial charge in [-0.3, -0.25) is 9.59 Å². The van der Waals surface area contributed by atoms with Gasteiger partial charge in [0.15, 0.2) is 0 Å². The number of carbonyl (C=O) groups excluding carboxylic acids is 2. The highest BCUT2D eigenvalue weighted by Crippen LogP contribution is 2.50. The molecule has 136 valence electrons. The summed E-state index contributed by atoms with van der Waals surface area (Å²) in [5.74, 6) is 0.927. The van der Waals surface area contributed by atoms with Crippen LogP contribution in [-0.4, -0.2) is 31.0 Å². The first-order chi connectivity index (χ1) is 12.1. The van der Waals surface area contributed by atoms with E-state index in [1.165, 1.54) is 0 Å². The molecular weight excluding hydrogens is 316 g/mol. The Kier molecular flexibility index (Phi) is 5.30. The first-order valence-electron chi connectivity index (χ1n) is 9.34. The molecule has 5 heteroatoms. The third kappa shape index (κ3) is 3.65. The van der Waals surface area contributed by atoms with Gasteiger partial charge in [-0.15, -0.1) is 0 Å². The van der Waals surface area contributed by atoms with Crippen LogP contribution >= 0.6 is 0 Å². The lowest BCUT2D eigenvalue weighted by Gasteiger charge is -2.36. The van der Waals surface area contributed by atoms with E-state index in [1.54, 1.807) is 7.11 Å². The van der Waals surface area contributed by atoms with Gasteiger partial charge in [0.25, 0.3) is 0 Å². The maximum Gasteiger partial charge on any atom is 0.245 e. The van der Waals surface area contributed by atoms with Crippen LogP contribution in [0.1, 0.15) is 56.9 Å². The van der Waals surface area contributed by atoms with Crippen molar-refractivity contribution >= 4 is 11.8 Å². The molecule has 2 atom stereocenters. The number of likely N-dealkylation sites (N-methyl/N-ethyl adjacent to an activating group) is 1. The molecule has 0 radical (unpaired) electrons. The van der Waals surface area contributed by atoms with Gasteiger partial charge in [-0.25, -0.2) is 0 Å². The van der Waals surface area contributed by atoms with E-state index < -0.39 is 5.54 Å². The molecule has 2 saturated carbocycles. The fourth-order valence-electron chi connectivity index (χ4n) is 4.02. The average molecular weight is 344 g/mol. The van der Waals surface area contributed by atoms with Crippen LogP contribution in [0.15, 0.2) is 24.3 Å². The van der Waals surface area contributed by atoms with E-state index in [0.29, 0.717) is 6.54 Å². The number of amides is 2. The summed E-state index contributed by atoms with van der Waals surface area (Å²) in [6.07, 6.45) is 5.38. The van der Waals surface area contributed by atoms with Gasteiger partial charge in [-0.2, -0.15) is 0 Å². The van der Waals surface area contributed by atoms with Gasteiger partial charge < -0.3 is 15.4 Å². The third-order valence-electron chi connectivity index (χ3n) is 5.51. The molecule has 0 aromatic heterocycles. The minimum absolute atomic E-state index is 0.00376. The molecule has 1 aromatic carbocycles. The Morgan fingerprint density at radius 2 is 1.92 bits per heavy atom. The normalized spacial score (nSPS) is 24.2. The maximum atomic E-state index is 12.8. The first-order valence-corrected chi connectivity index (χ1v) is 9.34. The summed E-state index contributed by atoms with van der Waals surface area (Å²) in [6.45, 7) is 2.50. The van der Waals surface area contributed by atoms with Gasteiger partial charge >= 0.3 is 0 Å². The van der Waals surface area contributed by atoms with E-state index in [-0.39, 0.29) is 23.7 Å². The summed E-state index contributed by atoms with van der Waals surface area (Å²) in [5, 5.41) is 6.03. The number of ether oxygens (including phenoxy) is 1. The summed E-state index contributed by atoms with van der Waals surface area (Å²) in [6, 6.07) is 7.87. The number of para-hydroxylation sites is 1. The molecule has 5 nitrogen and oxygen atoms in total. The topological polar surface area (TPSA) is 67.4 Å². The van der Waals surface area contributed by atoms with Crippen molar-refractivity contribution in [2.45, 2.75) is 56.9 Å². The number of carbonyl (C=O) groups is 2. The van der Waals surface area contributed by atoms with E-state index >= 15 is 0 Å². The zero-order valence-corrected chi connectivity index (χ0v) is 15.1. The second kappa shape index (κ2) is 7.46. The Morgan fingerprint density at radius 3 is 2.60 bits per heavy atom. The predicted molar refractivity (Wildman–Crippen MR) is 96.5 cm³/mol. The second-order valence-corrected chi connectivity index (χ2v) is 7.18. The van der Waals surface area contributed by atoms with Crippen LogP contribution in [-0.2, 0) is 9.59 Å². The van der Waals surface area contributed by atoms with Crippen molar-refractivity contribution in [3.05, 3.63) is 29.8 Å². The van der Waals surface area contributed by atoms with Crippen molar-refractivity contribution in [2.75, 3.05) is 13.7 Å². The van der Waals surface area contributed by atoms with Crippen molar-refractivity contribution in [3.63, 3.8) is 0 Å². The summed E-state index contributed by atoms with van der Waals surface area (Å²) < 4.78 is 5.42. The van der Waals surface area contributed by atoms with Gasteiger partial charge in [0.05, 0.1) is 7.11 Å². The lowest BCUT2D eigenvalue weighted by atomic mass is 9.80. The third-order valence-corrected chi connectivity index (χ3v) is 5.51. The van der Waals surface area contributed by atoms with Crippen LogP contribution in [0.25, 0.3) is 0 Å². The Bertz CT molecular complexity index is 638. The SMILES string of the molecule is CCNC(=O)C1(NC(=O)[C@@H]2C[C@@H]2c2ccccc2OC)CCCCC1. The second-order valence-electron chi connectivity index (χ2n) is 7.18. The highest BCUT2D eigenvalue weighted by molar-refractivity contribution is 5.93. The minimum atomic E-state index is -0.723. The van der Waals surface area contributed by atoms with Crippen molar-refractivity contribution < 1.29 is 14.3 Å². The van der Waals surface area contributed by atoms with Crippen molar-refractivity contribution in [3.8, 4) is 5.75 Å². The Labute approximate surface area is 149 Å². The predicted octanol–water partition coefficient (Wildman–Crippen LogP) is 2.75. The number of rotatable bonds is 6. The van der Waals surface area contributed by atoms with Crippen molar-refractivity contribution in [2.24, 2.45) is 5.92 Å². The Morgan fingerprint density at radius 1 is 1.20 bits per heavy atom. The van der Waals surface area contributed by atoms with Crippen LogP contribution in [0.3, 0.4) is 0 Å². The van der Waals surface area contributed by atoms with E-state index in [4.69, 9.17) is 4.74 Å². The van der Waals surface area contributed by atoms with Gasteiger partial charge in [0, 0.05) is 12.5 Å².